The van der Waals surface area contributed by atoms with Gasteiger partial charge in [0.1, 0.15) is 23.0 Å². The number of hydrogen-bond acceptors (Lipinski definition) is 12. The summed E-state index contributed by atoms with van der Waals surface area (Å²) in [6.45, 7) is 9.65. The van der Waals surface area contributed by atoms with E-state index in [1.807, 2.05) is 48.5 Å². The molecule has 0 spiro atoms. The lowest BCUT2D eigenvalue weighted by Crippen LogP contribution is -2.43. The van der Waals surface area contributed by atoms with Gasteiger partial charge in [-0.1, -0.05) is 259 Å². The van der Waals surface area contributed by atoms with Gasteiger partial charge in [-0.25, -0.2) is 0 Å². The Bertz CT molecular complexity index is 4150. The van der Waals surface area contributed by atoms with Crippen molar-refractivity contribution < 1.29 is 57.3 Å². The Morgan fingerprint density at radius 2 is 0.353 bits per heavy atom. The smallest absolute Gasteiger partial charge is 0.261 e. The summed E-state index contributed by atoms with van der Waals surface area (Å²) in [7, 11) is 0. The van der Waals surface area contributed by atoms with E-state index in [0.717, 1.165) is 114 Å². The first-order valence-electron chi connectivity index (χ1n) is 45.2. The number of imide groups is 4. The maximum Gasteiger partial charge on any atom is 0.261 e. The van der Waals surface area contributed by atoms with E-state index in [1.165, 1.54) is 174 Å². The number of nitrogens with zero attached hydrogens (tertiary/aromatic N) is 4. The van der Waals surface area contributed by atoms with Gasteiger partial charge in [0.05, 0.1) is 52.6 Å². The van der Waals surface area contributed by atoms with Crippen LogP contribution in [0.1, 0.15) is 390 Å². The van der Waals surface area contributed by atoms with E-state index < -0.39 is 47.3 Å². The Labute approximate surface area is 687 Å². The van der Waals surface area contributed by atoms with Crippen LogP contribution in [0.3, 0.4) is 0 Å². The predicted octanol–water partition coefficient (Wildman–Crippen LogP) is 25.0. The summed E-state index contributed by atoms with van der Waals surface area (Å²) >= 11 is 0. The van der Waals surface area contributed by atoms with Crippen LogP contribution in [-0.2, 0) is 26.2 Å². The van der Waals surface area contributed by atoms with Gasteiger partial charge in [0.2, 0.25) is 0 Å². The van der Waals surface area contributed by atoms with Crippen molar-refractivity contribution in [2.45, 2.75) is 311 Å². The average Bonchev–Trinajstić information content (AvgIpc) is 0.715. The lowest BCUT2D eigenvalue weighted by molar-refractivity contribution is 0.0575. The summed E-state index contributed by atoms with van der Waals surface area (Å²) in [4.78, 5) is 128. The zero-order valence-electron chi connectivity index (χ0n) is 69.9. The molecule has 0 aromatic heterocycles. The molecule has 0 fully saturated rings. The molecule has 0 aliphatic carbocycles. The molecule has 15 aliphatic rings. The molecule has 0 saturated carbocycles. The first-order chi connectivity index (χ1) is 56.8. The Morgan fingerprint density at radius 1 is 0.207 bits per heavy atom. The molecule has 16 nitrogen and oxygen atoms in total. The van der Waals surface area contributed by atoms with Gasteiger partial charge in [-0.05, 0) is 144 Å². The van der Waals surface area contributed by atoms with Crippen LogP contribution in [0.25, 0.3) is 43.1 Å². The third-order valence-corrected chi connectivity index (χ3v) is 24.9. The second-order valence-electron chi connectivity index (χ2n) is 33.6. The number of unbranched alkanes of at least 4 members (excludes halogenated alkanes) is 36. The van der Waals surface area contributed by atoms with Gasteiger partial charge >= 0.3 is 0 Å². The fourth-order valence-corrected chi connectivity index (χ4v) is 18.1. The number of amides is 8. The molecule has 15 heterocycles. The molecule has 0 N–H and O–H groups in total. The minimum atomic E-state index is -0.592. The van der Waals surface area contributed by atoms with Crippen LogP contribution in [-0.4, -0.2) is 93.3 Å². The van der Waals surface area contributed by atoms with Crippen molar-refractivity contribution >= 4 is 90.3 Å². The molecule has 15 aliphatic heterocycles. The quantitative estimate of drug-likeness (QED) is 0.0260. The van der Waals surface area contributed by atoms with Gasteiger partial charge in [-0.2, -0.15) is 0 Å². The average molecular weight is 1570 g/mol. The van der Waals surface area contributed by atoms with E-state index in [-0.39, 0.29) is 92.2 Å². The highest BCUT2D eigenvalue weighted by atomic mass is 16.5. The maximum atomic E-state index is 15.4. The summed E-state index contributed by atoms with van der Waals surface area (Å²) in [5, 5.41) is 3.81. The number of carbonyl (C=O) groups excluding carboxylic acids is 8. The van der Waals surface area contributed by atoms with Crippen molar-refractivity contribution in [3.8, 4) is 23.0 Å². The fraction of sp³-hybridized carbons (Fsp3) is 0.520. The Balaban J connectivity index is 0.875. The lowest BCUT2D eigenvalue weighted by atomic mass is 9.85. The van der Waals surface area contributed by atoms with Crippen molar-refractivity contribution in [1.29, 1.82) is 0 Å². The molecular formula is C100H124N4O12. The van der Waals surface area contributed by atoms with Gasteiger partial charge in [0.25, 0.3) is 47.3 Å². The molecule has 8 amide bonds. The largest absolute Gasteiger partial charge is 0.493 e. The van der Waals surface area contributed by atoms with Gasteiger partial charge in [0.15, 0.2) is 0 Å². The molecule has 116 heavy (non-hydrogen) atoms. The minimum Gasteiger partial charge on any atom is -0.493 e. The standard InChI is InChI=1S/C100H124N4O12/c1-5-9-13-17-21-25-29-33-37-41-53-113-85-61-71-62-86(114-54-42-38-34-30-26-22-18-14-10-6-2)74-58-69(71)57-73(85)65-101-93(105)77-45-47-79-90-80(48-46-78(89(77)90)94(101)106)98(110)103(97(79)109)67-75-59-70-60-76(68-104-99(111)83-51-49-81-91-82(96(108)102(66-74)95(81)107)50-52-84(92(83)91)100(104)112)88(116-56-44-40-36-32-28-24-20-16-12-8-4)64-72(70)63-87(75)115-55-43-39-35-31-27-23-19-15-11-7-3/h45-52,57-64H,5-44,53-56,65-68H2,1-4H3. The second-order valence-corrected chi connectivity index (χ2v) is 33.6. The number of carbonyl (C=O) groups is 8. The molecule has 22 bridgehead atoms. The van der Waals surface area contributed by atoms with Crippen LogP contribution in [0.4, 0.5) is 0 Å². The van der Waals surface area contributed by atoms with Gasteiger partial charge in [-0.3, -0.25) is 58.0 Å². The van der Waals surface area contributed by atoms with E-state index in [4.69, 9.17) is 18.9 Å². The summed E-state index contributed by atoms with van der Waals surface area (Å²) in [5.41, 5.74) is 3.57. The number of hydrogen-bond donors (Lipinski definition) is 0. The normalized spacial score (nSPS) is 14.4. The van der Waals surface area contributed by atoms with E-state index in [0.29, 0.717) is 82.5 Å². The second kappa shape index (κ2) is 41.6. The molecule has 0 radical (unpaired) electrons. The molecule has 0 atom stereocenters. The number of ether oxygens (including phenoxy) is 4. The molecule has 23 rings (SSSR count). The van der Waals surface area contributed by atoms with Crippen molar-refractivity contribution in [2.75, 3.05) is 26.4 Å². The SMILES string of the molecule is CCCCCCCCCCCCOc1cc2cc(OCCCCCCCCCCCC)c3cc2cc1CN1C(=O)c2ccc4c5c(ccc(c25)C1=O)C(=O)N(Cc1cc2cc(c(OCCCCCCCCCCCC)cc2cc1OCCCCCCCCCCCC)CN1C(=O)c2ccc5c6c(ccc(c26)C1=O)C(=O)N(C3)C5=O)C4=O. The topological polar surface area (TPSA) is 186 Å². The number of rotatable bonds is 48. The van der Waals surface area contributed by atoms with Crippen LogP contribution >= 0.6 is 0 Å². The molecule has 0 unspecified atom stereocenters. The van der Waals surface area contributed by atoms with E-state index >= 15 is 38.4 Å². The Kier molecular flexibility index (Phi) is 30.3. The lowest BCUT2D eigenvalue weighted by Gasteiger charge is -2.33. The highest BCUT2D eigenvalue weighted by molar-refractivity contribution is 6.35. The van der Waals surface area contributed by atoms with Crippen molar-refractivity contribution in [3.05, 3.63) is 164 Å². The van der Waals surface area contributed by atoms with Crippen LogP contribution < -0.4 is 18.9 Å². The van der Waals surface area contributed by atoms with E-state index in [1.54, 1.807) is 48.5 Å². The highest BCUT2D eigenvalue weighted by Crippen LogP contribution is 2.45. The predicted molar refractivity (Wildman–Crippen MR) is 462 cm³/mol. The highest BCUT2D eigenvalue weighted by Gasteiger charge is 2.43. The fourth-order valence-electron chi connectivity index (χ4n) is 18.1. The Hall–Kier alpha value is -9.44. The van der Waals surface area contributed by atoms with Crippen molar-refractivity contribution in [3.63, 3.8) is 0 Å². The third kappa shape index (κ3) is 19.7. The van der Waals surface area contributed by atoms with Gasteiger partial charge in [-0.15, -0.1) is 0 Å². The molecule has 8 aromatic carbocycles. The van der Waals surface area contributed by atoms with Crippen molar-refractivity contribution in [1.82, 2.24) is 19.6 Å². The molecule has 16 heteroatoms. The zero-order chi connectivity index (χ0) is 80.9. The number of benzene rings is 8. The molecule has 0 saturated heterocycles. The van der Waals surface area contributed by atoms with Crippen LogP contribution in [0.5, 0.6) is 23.0 Å². The third-order valence-electron chi connectivity index (χ3n) is 24.9. The minimum absolute atomic E-state index is 0.177. The molecular weight excluding hydrogens is 1450 g/mol. The maximum absolute atomic E-state index is 15.4. The van der Waals surface area contributed by atoms with Gasteiger partial charge in [0, 0.05) is 88.3 Å². The van der Waals surface area contributed by atoms with E-state index in [2.05, 4.69) is 27.7 Å². The zero-order valence-corrected chi connectivity index (χ0v) is 69.9. The first-order valence-corrected chi connectivity index (χ1v) is 45.2. The summed E-state index contributed by atoms with van der Waals surface area (Å²) in [6.07, 6.45) is 45.7. The summed E-state index contributed by atoms with van der Waals surface area (Å²) < 4.78 is 27.2. The first kappa shape index (κ1) is 84.5. The molecule has 8 aromatic rings. The van der Waals surface area contributed by atoms with Crippen LogP contribution in [0.15, 0.2) is 97.1 Å². The molecule has 616 valence electrons. The summed E-state index contributed by atoms with van der Waals surface area (Å²) in [6, 6.07) is 28.1. The summed E-state index contributed by atoms with van der Waals surface area (Å²) in [5.74, 6) is -2.82. The van der Waals surface area contributed by atoms with Gasteiger partial charge < -0.3 is 18.9 Å². The van der Waals surface area contributed by atoms with Crippen LogP contribution in [0.2, 0.25) is 0 Å². The van der Waals surface area contributed by atoms with E-state index in [9.17, 15) is 0 Å². The monoisotopic (exact) mass is 1570 g/mol. The van der Waals surface area contributed by atoms with Crippen molar-refractivity contribution in [2.24, 2.45) is 0 Å². The van der Waals surface area contributed by atoms with Crippen LogP contribution in [0, 0.1) is 0 Å². The Morgan fingerprint density at radius 3 is 0.517 bits per heavy atom.